The van der Waals surface area contributed by atoms with Crippen molar-refractivity contribution >= 4 is 11.9 Å². The molecule has 0 amide bonds. The van der Waals surface area contributed by atoms with E-state index < -0.39 is 18.0 Å². The SMILES string of the molecule is NC(CC(=O)ON1CCCC1)C(=O)ON1CCCC1. The van der Waals surface area contributed by atoms with E-state index in [9.17, 15) is 9.59 Å². The summed E-state index contributed by atoms with van der Waals surface area (Å²) in [5, 5.41) is 3.20. The van der Waals surface area contributed by atoms with E-state index in [-0.39, 0.29) is 6.42 Å². The zero-order chi connectivity index (χ0) is 13.7. The first-order chi connectivity index (χ1) is 9.15. The second-order valence-corrected chi connectivity index (χ2v) is 4.96. The van der Waals surface area contributed by atoms with Gasteiger partial charge in [-0.15, -0.1) is 10.1 Å². The largest absolute Gasteiger partial charge is 0.368 e. The van der Waals surface area contributed by atoms with E-state index in [1.807, 2.05) is 0 Å². The van der Waals surface area contributed by atoms with Crippen molar-refractivity contribution in [2.24, 2.45) is 5.73 Å². The lowest BCUT2D eigenvalue weighted by atomic mass is 10.2. The van der Waals surface area contributed by atoms with Crippen molar-refractivity contribution in [2.45, 2.75) is 38.1 Å². The molecule has 2 rings (SSSR count). The summed E-state index contributed by atoms with van der Waals surface area (Å²) in [6, 6.07) is -0.962. The molecule has 0 saturated carbocycles. The summed E-state index contributed by atoms with van der Waals surface area (Å²) in [5.74, 6) is -1.05. The molecule has 0 radical (unpaired) electrons. The lowest BCUT2D eigenvalue weighted by Gasteiger charge is -2.18. The molecule has 2 heterocycles. The van der Waals surface area contributed by atoms with Crippen LogP contribution < -0.4 is 5.73 Å². The van der Waals surface area contributed by atoms with Crippen molar-refractivity contribution < 1.29 is 19.3 Å². The van der Waals surface area contributed by atoms with E-state index in [1.165, 1.54) is 0 Å². The number of hydrogen-bond donors (Lipinski definition) is 1. The summed E-state index contributed by atoms with van der Waals surface area (Å²) in [7, 11) is 0. The van der Waals surface area contributed by atoms with Gasteiger partial charge in [-0.2, -0.15) is 0 Å². The van der Waals surface area contributed by atoms with Gasteiger partial charge >= 0.3 is 11.9 Å². The fourth-order valence-corrected chi connectivity index (χ4v) is 2.20. The van der Waals surface area contributed by atoms with Gasteiger partial charge in [0, 0.05) is 26.2 Å². The highest BCUT2D eigenvalue weighted by atomic mass is 16.7. The molecule has 7 heteroatoms. The van der Waals surface area contributed by atoms with E-state index in [0.717, 1.165) is 51.9 Å². The van der Waals surface area contributed by atoms with E-state index in [1.54, 1.807) is 10.1 Å². The molecule has 2 saturated heterocycles. The maximum atomic E-state index is 11.7. The number of rotatable bonds is 5. The predicted molar refractivity (Wildman–Crippen MR) is 66.4 cm³/mol. The second kappa shape index (κ2) is 6.83. The van der Waals surface area contributed by atoms with E-state index in [4.69, 9.17) is 15.4 Å². The zero-order valence-corrected chi connectivity index (χ0v) is 11.0. The first kappa shape index (κ1) is 14.2. The summed E-state index contributed by atoms with van der Waals surface area (Å²) < 4.78 is 0. The predicted octanol–water partition coefficient (Wildman–Crippen LogP) is -0.188. The highest BCUT2D eigenvalue weighted by Gasteiger charge is 2.25. The lowest BCUT2D eigenvalue weighted by molar-refractivity contribution is -0.194. The minimum atomic E-state index is -0.962. The first-order valence-electron chi connectivity index (χ1n) is 6.83. The Kier molecular flexibility index (Phi) is 5.12. The minimum absolute atomic E-state index is 0.150. The number of nitrogens with zero attached hydrogens (tertiary/aromatic N) is 2. The molecule has 0 aromatic carbocycles. The van der Waals surface area contributed by atoms with Crippen LogP contribution in [0, 0.1) is 0 Å². The first-order valence-corrected chi connectivity index (χ1v) is 6.83. The molecule has 108 valence electrons. The quantitative estimate of drug-likeness (QED) is 0.742. The smallest absolute Gasteiger partial charge is 0.342 e. The number of hydrogen-bond acceptors (Lipinski definition) is 7. The fourth-order valence-electron chi connectivity index (χ4n) is 2.20. The number of nitrogens with two attached hydrogens (primary N) is 1. The molecule has 0 aromatic heterocycles. The van der Waals surface area contributed by atoms with Gasteiger partial charge < -0.3 is 15.4 Å². The Labute approximate surface area is 112 Å². The standard InChI is InChI=1S/C12H21N3O4/c13-10(12(17)19-15-7-3-4-8-15)9-11(16)18-14-5-1-2-6-14/h10H,1-9,13H2. The van der Waals surface area contributed by atoms with Crippen LogP contribution in [0.3, 0.4) is 0 Å². The average molecular weight is 271 g/mol. The molecule has 2 aliphatic heterocycles. The Hall–Kier alpha value is -1.18. The van der Waals surface area contributed by atoms with Crippen molar-refractivity contribution in [1.29, 1.82) is 0 Å². The molecule has 2 N–H and O–H groups in total. The molecule has 2 aliphatic rings. The molecule has 0 aliphatic carbocycles. The van der Waals surface area contributed by atoms with Gasteiger partial charge in [0.1, 0.15) is 6.04 Å². The number of hydroxylamine groups is 4. The molecule has 19 heavy (non-hydrogen) atoms. The van der Waals surface area contributed by atoms with Crippen LogP contribution in [0.5, 0.6) is 0 Å². The van der Waals surface area contributed by atoms with Crippen molar-refractivity contribution in [2.75, 3.05) is 26.2 Å². The van der Waals surface area contributed by atoms with Gasteiger partial charge in [0.2, 0.25) is 0 Å². The molecular formula is C12H21N3O4. The summed E-state index contributed by atoms with van der Waals surface area (Å²) in [5.41, 5.74) is 5.65. The Morgan fingerprint density at radius 1 is 0.947 bits per heavy atom. The Bertz CT molecular complexity index is 325. The van der Waals surface area contributed by atoms with Crippen LogP contribution in [0.1, 0.15) is 32.1 Å². The summed E-state index contributed by atoms with van der Waals surface area (Å²) >= 11 is 0. The normalized spacial score (nSPS) is 22.4. The van der Waals surface area contributed by atoms with Crippen LogP contribution >= 0.6 is 0 Å². The molecule has 0 aromatic rings. The van der Waals surface area contributed by atoms with Crippen LogP contribution in [0.4, 0.5) is 0 Å². The van der Waals surface area contributed by atoms with Gasteiger partial charge in [-0.05, 0) is 25.7 Å². The molecule has 0 bridgehead atoms. The van der Waals surface area contributed by atoms with Crippen molar-refractivity contribution in [3.8, 4) is 0 Å². The van der Waals surface area contributed by atoms with Gasteiger partial charge in [-0.25, -0.2) is 4.79 Å². The third-order valence-electron chi connectivity index (χ3n) is 3.27. The van der Waals surface area contributed by atoms with Crippen LogP contribution in [-0.4, -0.2) is 54.3 Å². The monoisotopic (exact) mass is 271 g/mol. The number of carbonyl (C=O) groups excluding carboxylic acids is 2. The van der Waals surface area contributed by atoms with Gasteiger partial charge in [0.15, 0.2) is 0 Å². The maximum absolute atomic E-state index is 11.7. The van der Waals surface area contributed by atoms with Gasteiger partial charge in [-0.3, -0.25) is 4.79 Å². The average Bonchev–Trinajstić information content (AvgIpc) is 3.01. The van der Waals surface area contributed by atoms with Crippen molar-refractivity contribution in [3.05, 3.63) is 0 Å². The lowest BCUT2D eigenvalue weighted by Crippen LogP contribution is -2.39. The van der Waals surface area contributed by atoms with E-state index >= 15 is 0 Å². The van der Waals surface area contributed by atoms with E-state index in [0.29, 0.717) is 0 Å². The van der Waals surface area contributed by atoms with Crippen LogP contribution in [-0.2, 0) is 19.3 Å². The van der Waals surface area contributed by atoms with Gasteiger partial charge in [0.05, 0.1) is 6.42 Å². The summed E-state index contributed by atoms with van der Waals surface area (Å²) in [6.07, 6.45) is 3.93. The minimum Gasteiger partial charge on any atom is -0.368 e. The molecule has 2 fully saturated rings. The Balaban J connectivity index is 1.68. The third-order valence-corrected chi connectivity index (χ3v) is 3.27. The Morgan fingerprint density at radius 2 is 1.42 bits per heavy atom. The molecular weight excluding hydrogens is 250 g/mol. The van der Waals surface area contributed by atoms with Crippen molar-refractivity contribution in [1.82, 2.24) is 10.1 Å². The zero-order valence-electron chi connectivity index (χ0n) is 11.0. The summed E-state index contributed by atoms with van der Waals surface area (Å²) in [6.45, 7) is 2.96. The third kappa shape index (κ3) is 4.45. The van der Waals surface area contributed by atoms with Gasteiger partial charge in [0.25, 0.3) is 0 Å². The highest BCUT2D eigenvalue weighted by molar-refractivity contribution is 5.82. The molecule has 1 atom stereocenters. The van der Waals surface area contributed by atoms with Gasteiger partial charge in [-0.1, -0.05) is 0 Å². The van der Waals surface area contributed by atoms with E-state index in [2.05, 4.69) is 0 Å². The molecule has 1 unspecified atom stereocenters. The van der Waals surface area contributed by atoms with Crippen LogP contribution in [0.15, 0.2) is 0 Å². The van der Waals surface area contributed by atoms with Crippen LogP contribution in [0.2, 0.25) is 0 Å². The van der Waals surface area contributed by atoms with Crippen LogP contribution in [0.25, 0.3) is 0 Å². The maximum Gasteiger partial charge on any atom is 0.342 e. The highest BCUT2D eigenvalue weighted by Crippen LogP contribution is 2.11. The topological polar surface area (TPSA) is 85.1 Å². The fraction of sp³-hybridized carbons (Fsp3) is 0.833. The molecule has 0 spiro atoms. The van der Waals surface area contributed by atoms with Crippen molar-refractivity contribution in [3.63, 3.8) is 0 Å². The Morgan fingerprint density at radius 3 is 1.95 bits per heavy atom. The number of carbonyl (C=O) groups is 2. The molecule has 7 nitrogen and oxygen atoms in total. The second-order valence-electron chi connectivity index (χ2n) is 4.96. The summed E-state index contributed by atoms with van der Waals surface area (Å²) in [4.78, 5) is 33.4.